The number of carbonyl (C=O) groups is 1. The van der Waals surface area contributed by atoms with Crippen molar-refractivity contribution in [2.75, 3.05) is 13.2 Å². The van der Waals surface area contributed by atoms with Crippen LogP contribution in [0.5, 0.6) is 0 Å². The number of rotatable bonds is 6. The molecule has 0 aliphatic carbocycles. The maximum atomic E-state index is 13.4. The number of primary amides is 1. The van der Waals surface area contributed by atoms with Gasteiger partial charge < -0.3 is 21.3 Å². The first kappa shape index (κ1) is 13.6. The van der Waals surface area contributed by atoms with Gasteiger partial charge in [-0.25, -0.2) is 4.39 Å². The lowest BCUT2D eigenvalue weighted by Gasteiger charge is -2.13. The lowest BCUT2D eigenvalue weighted by molar-refractivity contribution is 0.1000. The van der Waals surface area contributed by atoms with E-state index in [9.17, 15) is 9.18 Å². The number of hydrogen-bond acceptors (Lipinski definition) is 4. The minimum absolute atomic E-state index is 0.0960. The van der Waals surface area contributed by atoms with Crippen molar-refractivity contribution in [1.29, 1.82) is 0 Å². The van der Waals surface area contributed by atoms with Gasteiger partial charge in [0.15, 0.2) is 0 Å². The fourth-order valence-corrected chi connectivity index (χ4v) is 1.30. The number of aliphatic hydroxyl groups is 2. The predicted molar refractivity (Wildman–Crippen MR) is 59.7 cm³/mol. The van der Waals surface area contributed by atoms with E-state index in [0.29, 0.717) is 0 Å². The van der Waals surface area contributed by atoms with Crippen LogP contribution in [0.25, 0.3) is 0 Å². The number of amides is 1. The summed E-state index contributed by atoms with van der Waals surface area (Å²) in [4.78, 5) is 10.9. The van der Waals surface area contributed by atoms with Crippen molar-refractivity contribution in [3.8, 4) is 0 Å². The summed E-state index contributed by atoms with van der Waals surface area (Å²) in [7, 11) is 0. The molecule has 5 N–H and O–H groups in total. The monoisotopic (exact) mass is 242 g/mol. The molecule has 0 heterocycles. The van der Waals surface area contributed by atoms with E-state index in [1.807, 2.05) is 0 Å². The van der Waals surface area contributed by atoms with Crippen molar-refractivity contribution in [3.63, 3.8) is 0 Å². The van der Waals surface area contributed by atoms with Crippen molar-refractivity contribution >= 4 is 5.91 Å². The summed E-state index contributed by atoms with van der Waals surface area (Å²) in [6.45, 7) is -0.417. The Bertz CT molecular complexity index is 394. The minimum Gasteiger partial charge on any atom is -0.395 e. The van der Waals surface area contributed by atoms with Crippen LogP contribution in [-0.4, -0.2) is 35.4 Å². The second kappa shape index (κ2) is 6.29. The molecule has 0 unspecified atom stereocenters. The zero-order chi connectivity index (χ0) is 12.8. The molecule has 5 nitrogen and oxygen atoms in total. The third-order valence-corrected chi connectivity index (χ3v) is 2.35. The van der Waals surface area contributed by atoms with Crippen molar-refractivity contribution in [1.82, 2.24) is 5.32 Å². The lowest BCUT2D eigenvalue weighted by Crippen LogP contribution is -2.35. The van der Waals surface area contributed by atoms with Gasteiger partial charge in [-0.2, -0.15) is 0 Å². The van der Waals surface area contributed by atoms with Crippen LogP contribution in [-0.2, 0) is 6.54 Å². The largest absolute Gasteiger partial charge is 0.395 e. The number of hydrogen-bond donors (Lipinski definition) is 4. The standard InChI is InChI=1S/C11H15FN2O3/c12-10-2-1-7(11(13)17)3-8(10)4-14-9(5-15)6-16/h1-3,9,14-16H,4-6H2,(H2,13,17). The highest BCUT2D eigenvalue weighted by molar-refractivity contribution is 5.92. The Morgan fingerprint density at radius 3 is 2.59 bits per heavy atom. The lowest BCUT2D eigenvalue weighted by atomic mass is 10.1. The molecule has 1 rings (SSSR count). The third kappa shape index (κ3) is 3.77. The topological polar surface area (TPSA) is 95.6 Å². The van der Waals surface area contributed by atoms with Gasteiger partial charge in [0, 0.05) is 17.7 Å². The quantitative estimate of drug-likeness (QED) is 0.534. The number of aliphatic hydroxyl groups excluding tert-OH is 2. The van der Waals surface area contributed by atoms with Gasteiger partial charge >= 0.3 is 0 Å². The third-order valence-electron chi connectivity index (χ3n) is 2.35. The van der Waals surface area contributed by atoms with E-state index in [-0.39, 0.29) is 30.9 Å². The SMILES string of the molecule is NC(=O)c1ccc(F)c(CNC(CO)CO)c1. The van der Waals surface area contributed by atoms with Crippen molar-refractivity contribution in [2.45, 2.75) is 12.6 Å². The van der Waals surface area contributed by atoms with Gasteiger partial charge in [-0.05, 0) is 18.2 Å². The van der Waals surface area contributed by atoms with E-state index in [2.05, 4.69) is 5.32 Å². The molecule has 1 aromatic carbocycles. The molecule has 0 atom stereocenters. The molecule has 0 spiro atoms. The summed E-state index contributed by atoms with van der Waals surface area (Å²) in [6, 6.07) is 3.28. The van der Waals surface area contributed by atoms with E-state index >= 15 is 0 Å². The van der Waals surface area contributed by atoms with Crippen LogP contribution in [0.15, 0.2) is 18.2 Å². The Kier molecular flexibility index (Phi) is 5.02. The molecule has 1 amide bonds. The molecule has 0 aromatic heterocycles. The number of carbonyl (C=O) groups excluding carboxylic acids is 1. The summed E-state index contributed by atoms with van der Waals surface area (Å²) in [5.74, 6) is -1.11. The number of benzene rings is 1. The predicted octanol–water partition coefficient (Wildman–Crippen LogP) is -0.633. The normalized spacial score (nSPS) is 10.8. The van der Waals surface area contributed by atoms with Crippen LogP contribution >= 0.6 is 0 Å². The van der Waals surface area contributed by atoms with Gasteiger partial charge in [0.25, 0.3) is 0 Å². The zero-order valence-electron chi connectivity index (χ0n) is 9.19. The molecule has 0 bridgehead atoms. The number of nitrogens with two attached hydrogens (primary N) is 1. The number of halogens is 1. The summed E-state index contributed by atoms with van der Waals surface area (Å²) in [5, 5.41) is 20.4. The molecule has 17 heavy (non-hydrogen) atoms. The van der Waals surface area contributed by atoms with Crippen molar-refractivity contribution in [2.24, 2.45) is 5.73 Å². The van der Waals surface area contributed by atoms with Gasteiger partial charge in [-0.3, -0.25) is 4.79 Å². The highest BCUT2D eigenvalue weighted by Gasteiger charge is 2.09. The van der Waals surface area contributed by atoms with Gasteiger partial charge in [0.05, 0.1) is 19.3 Å². The molecular formula is C11H15FN2O3. The summed E-state index contributed by atoms with van der Waals surface area (Å²) >= 11 is 0. The van der Waals surface area contributed by atoms with Crippen molar-refractivity contribution in [3.05, 3.63) is 35.1 Å². The molecule has 94 valence electrons. The van der Waals surface area contributed by atoms with Gasteiger partial charge in [-0.1, -0.05) is 0 Å². The average molecular weight is 242 g/mol. The van der Waals surface area contributed by atoms with Crippen molar-refractivity contribution < 1.29 is 19.4 Å². The Morgan fingerprint density at radius 1 is 1.41 bits per heavy atom. The molecule has 1 aromatic rings. The van der Waals surface area contributed by atoms with Crippen LogP contribution in [0.3, 0.4) is 0 Å². The van der Waals surface area contributed by atoms with Gasteiger partial charge in [0.1, 0.15) is 5.82 Å². The first-order valence-corrected chi connectivity index (χ1v) is 5.11. The van der Waals surface area contributed by atoms with E-state index in [4.69, 9.17) is 15.9 Å². The Hall–Kier alpha value is -1.50. The van der Waals surface area contributed by atoms with Crippen LogP contribution in [0, 0.1) is 5.82 Å². The van der Waals surface area contributed by atoms with Crippen LogP contribution in [0.4, 0.5) is 4.39 Å². The van der Waals surface area contributed by atoms with E-state index in [1.54, 1.807) is 0 Å². The molecule has 0 fully saturated rings. The van der Waals surface area contributed by atoms with Gasteiger partial charge in [-0.15, -0.1) is 0 Å². The zero-order valence-corrected chi connectivity index (χ0v) is 9.19. The summed E-state index contributed by atoms with van der Waals surface area (Å²) < 4.78 is 13.4. The van der Waals surface area contributed by atoms with Crippen LogP contribution < -0.4 is 11.1 Å². The van der Waals surface area contributed by atoms with E-state index < -0.39 is 17.8 Å². The first-order valence-electron chi connectivity index (χ1n) is 5.11. The van der Waals surface area contributed by atoms with Gasteiger partial charge in [0.2, 0.25) is 5.91 Å². The van der Waals surface area contributed by atoms with Crippen LogP contribution in [0.1, 0.15) is 15.9 Å². The summed E-state index contributed by atoms with van der Waals surface area (Å²) in [6.07, 6.45) is 0. The molecule has 0 aliphatic rings. The smallest absolute Gasteiger partial charge is 0.248 e. The summed E-state index contributed by atoms with van der Waals surface area (Å²) in [5.41, 5.74) is 5.55. The van der Waals surface area contributed by atoms with E-state index in [1.165, 1.54) is 12.1 Å². The second-order valence-electron chi connectivity index (χ2n) is 3.61. The molecule has 0 saturated heterocycles. The fraction of sp³-hybridized carbons (Fsp3) is 0.364. The molecule has 0 aliphatic heterocycles. The highest BCUT2D eigenvalue weighted by Crippen LogP contribution is 2.10. The molecule has 6 heteroatoms. The fourth-order valence-electron chi connectivity index (χ4n) is 1.30. The van der Waals surface area contributed by atoms with Crippen LogP contribution in [0.2, 0.25) is 0 Å². The Morgan fingerprint density at radius 2 is 2.06 bits per heavy atom. The number of nitrogens with one attached hydrogen (secondary N) is 1. The maximum absolute atomic E-state index is 13.4. The average Bonchev–Trinajstić information content (AvgIpc) is 2.32. The minimum atomic E-state index is -0.632. The highest BCUT2D eigenvalue weighted by atomic mass is 19.1. The first-order chi connectivity index (χ1) is 8.08. The Labute approximate surface area is 98.1 Å². The second-order valence-corrected chi connectivity index (χ2v) is 3.61. The molecule has 0 saturated carbocycles. The Balaban J connectivity index is 2.75. The van der Waals surface area contributed by atoms with E-state index in [0.717, 1.165) is 6.07 Å². The maximum Gasteiger partial charge on any atom is 0.248 e. The molecular weight excluding hydrogens is 227 g/mol. The molecule has 0 radical (unpaired) electrons.